The summed E-state index contributed by atoms with van der Waals surface area (Å²) in [6.45, 7) is 0.507. The summed E-state index contributed by atoms with van der Waals surface area (Å²) in [5.74, 6) is -1.52. The van der Waals surface area contributed by atoms with Crippen molar-refractivity contribution in [1.29, 1.82) is 0 Å². The normalized spacial score (nSPS) is 10.4. The summed E-state index contributed by atoms with van der Waals surface area (Å²) in [7, 11) is 0. The third kappa shape index (κ3) is 5.31. The van der Waals surface area contributed by atoms with Crippen LogP contribution in [-0.2, 0) is 6.42 Å². The summed E-state index contributed by atoms with van der Waals surface area (Å²) in [5, 5.41) is 5.51. The highest BCUT2D eigenvalue weighted by Crippen LogP contribution is 2.19. The van der Waals surface area contributed by atoms with Gasteiger partial charge in [0.1, 0.15) is 29.5 Å². The predicted molar refractivity (Wildman–Crippen MR) is 98.8 cm³/mol. The maximum Gasteiger partial charge on any atom is 0.270 e. The highest BCUT2D eigenvalue weighted by Gasteiger charge is 2.10. The van der Waals surface area contributed by atoms with Crippen molar-refractivity contribution in [3.8, 4) is 0 Å². The smallest absolute Gasteiger partial charge is 0.270 e. The molecule has 3 aromatic rings. The number of aryl methyl sites for hydroxylation is 1. The van der Waals surface area contributed by atoms with Gasteiger partial charge in [0.25, 0.3) is 5.91 Å². The number of nitrogens with one attached hydrogen (secondary N) is 2. The number of halogens is 2. The van der Waals surface area contributed by atoms with Crippen molar-refractivity contribution in [1.82, 2.24) is 15.3 Å². The van der Waals surface area contributed by atoms with E-state index in [0.29, 0.717) is 6.54 Å². The van der Waals surface area contributed by atoms with Crippen LogP contribution in [0.4, 0.5) is 20.3 Å². The van der Waals surface area contributed by atoms with E-state index in [4.69, 9.17) is 0 Å². The average molecular weight is 368 g/mol. The van der Waals surface area contributed by atoms with Crippen LogP contribution >= 0.6 is 0 Å². The Morgan fingerprint density at radius 2 is 1.81 bits per heavy atom. The van der Waals surface area contributed by atoms with Gasteiger partial charge in [0.15, 0.2) is 0 Å². The number of carbonyl (C=O) groups is 1. The zero-order valence-corrected chi connectivity index (χ0v) is 14.5. The van der Waals surface area contributed by atoms with Gasteiger partial charge < -0.3 is 10.6 Å². The molecule has 7 heteroatoms. The van der Waals surface area contributed by atoms with Crippen LogP contribution in [0.15, 0.2) is 60.9 Å². The van der Waals surface area contributed by atoms with Gasteiger partial charge >= 0.3 is 0 Å². The van der Waals surface area contributed by atoms with E-state index < -0.39 is 11.6 Å². The van der Waals surface area contributed by atoms with Crippen LogP contribution in [0.25, 0.3) is 0 Å². The van der Waals surface area contributed by atoms with Crippen molar-refractivity contribution in [2.24, 2.45) is 0 Å². The Balaban J connectivity index is 1.55. The van der Waals surface area contributed by atoms with Crippen LogP contribution in [0.3, 0.4) is 0 Å². The summed E-state index contributed by atoms with van der Waals surface area (Å²) in [6.07, 6.45) is 2.87. The molecular formula is C20H18F2N4O. The summed E-state index contributed by atoms with van der Waals surface area (Å²) >= 11 is 0. The lowest BCUT2D eigenvalue weighted by atomic mass is 10.1. The van der Waals surface area contributed by atoms with Crippen molar-refractivity contribution >= 4 is 17.4 Å². The molecule has 0 bridgehead atoms. The largest absolute Gasteiger partial charge is 0.351 e. The molecule has 1 heterocycles. The molecule has 0 aliphatic heterocycles. The standard InChI is InChI=1S/C20H18F2N4O/c21-15-8-9-17(16(22)11-15)26-19-12-18(24-13-25-19)20(27)23-10-4-7-14-5-2-1-3-6-14/h1-3,5-6,8-9,11-13H,4,7,10H2,(H,23,27)(H,24,25,26). The molecule has 0 radical (unpaired) electrons. The van der Waals surface area contributed by atoms with Crippen molar-refractivity contribution in [2.45, 2.75) is 12.8 Å². The molecule has 2 aromatic carbocycles. The highest BCUT2D eigenvalue weighted by atomic mass is 19.1. The lowest BCUT2D eigenvalue weighted by Crippen LogP contribution is -2.25. The van der Waals surface area contributed by atoms with Crippen molar-refractivity contribution in [3.63, 3.8) is 0 Å². The molecule has 1 aromatic heterocycles. The SMILES string of the molecule is O=C(NCCCc1ccccc1)c1cc(Nc2ccc(F)cc2F)ncn1. The van der Waals surface area contributed by atoms with Crippen LogP contribution < -0.4 is 10.6 Å². The maximum atomic E-state index is 13.7. The van der Waals surface area contributed by atoms with Crippen molar-refractivity contribution < 1.29 is 13.6 Å². The van der Waals surface area contributed by atoms with Crippen LogP contribution in [0.2, 0.25) is 0 Å². The first kappa shape index (κ1) is 18.4. The molecule has 0 fully saturated rings. The van der Waals surface area contributed by atoms with Crippen molar-refractivity contribution in [3.05, 3.63) is 83.8 Å². The summed E-state index contributed by atoms with van der Waals surface area (Å²) in [5.41, 5.74) is 1.43. The Kier molecular flexibility index (Phi) is 6.04. The Morgan fingerprint density at radius 3 is 2.59 bits per heavy atom. The molecule has 2 N–H and O–H groups in total. The number of rotatable bonds is 7. The Hall–Kier alpha value is -3.35. The minimum absolute atomic E-state index is 0.0596. The average Bonchev–Trinajstić information content (AvgIpc) is 2.68. The van der Waals surface area contributed by atoms with Crippen LogP contribution in [-0.4, -0.2) is 22.4 Å². The lowest BCUT2D eigenvalue weighted by Gasteiger charge is -2.08. The first-order valence-electron chi connectivity index (χ1n) is 8.48. The van der Waals surface area contributed by atoms with E-state index in [1.165, 1.54) is 24.0 Å². The lowest BCUT2D eigenvalue weighted by molar-refractivity contribution is 0.0948. The van der Waals surface area contributed by atoms with E-state index >= 15 is 0 Å². The topological polar surface area (TPSA) is 66.9 Å². The van der Waals surface area contributed by atoms with Gasteiger partial charge in [-0.2, -0.15) is 0 Å². The number of hydrogen-bond acceptors (Lipinski definition) is 4. The molecule has 3 rings (SSSR count). The van der Waals surface area contributed by atoms with Gasteiger partial charge in [-0.05, 0) is 30.5 Å². The predicted octanol–water partition coefficient (Wildman–Crippen LogP) is 3.86. The second-order valence-electron chi connectivity index (χ2n) is 5.88. The number of hydrogen-bond donors (Lipinski definition) is 2. The second kappa shape index (κ2) is 8.84. The first-order valence-corrected chi connectivity index (χ1v) is 8.48. The molecule has 27 heavy (non-hydrogen) atoms. The van der Waals surface area contributed by atoms with E-state index in [1.54, 1.807) is 0 Å². The molecule has 0 aliphatic carbocycles. The number of aromatic nitrogens is 2. The van der Waals surface area contributed by atoms with Gasteiger partial charge in [0.05, 0.1) is 5.69 Å². The third-order valence-electron chi connectivity index (χ3n) is 3.86. The van der Waals surface area contributed by atoms with Gasteiger partial charge in [0.2, 0.25) is 0 Å². The zero-order valence-electron chi connectivity index (χ0n) is 14.5. The molecular weight excluding hydrogens is 350 g/mol. The van der Waals surface area contributed by atoms with E-state index in [-0.39, 0.29) is 23.1 Å². The molecule has 0 saturated carbocycles. The van der Waals surface area contributed by atoms with E-state index in [0.717, 1.165) is 25.0 Å². The fraction of sp³-hybridized carbons (Fsp3) is 0.150. The van der Waals surface area contributed by atoms with Crippen LogP contribution in [0.1, 0.15) is 22.5 Å². The Labute approximate surface area is 155 Å². The highest BCUT2D eigenvalue weighted by molar-refractivity contribution is 5.92. The van der Waals surface area contributed by atoms with Gasteiger partial charge in [-0.25, -0.2) is 18.7 Å². The summed E-state index contributed by atoms with van der Waals surface area (Å²) in [6, 6.07) is 14.6. The van der Waals surface area contributed by atoms with Crippen molar-refractivity contribution in [2.75, 3.05) is 11.9 Å². The molecule has 1 amide bonds. The maximum absolute atomic E-state index is 13.7. The zero-order chi connectivity index (χ0) is 19.1. The Morgan fingerprint density at radius 1 is 1.00 bits per heavy atom. The van der Waals surface area contributed by atoms with Gasteiger partial charge in [-0.1, -0.05) is 30.3 Å². The van der Waals surface area contributed by atoms with Crippen LogP contribution in [0, 0.1) is 11.6 Å². The van der Waals surface area contributed by atoms with E-state index in [9.17, 15) is 13.6 Å². The Bertz CT molecular complexity index is 919. The summed E-state index contributed by atoms with van der Waals surface area (Å²) in [4.78, 5) is 20.1. The first-order chi connectivity index (χ1) is 13.1. The molecule has 5 nitrogen and oxygen atoms in total. The van der Waals surface area contributed by atoms with E-state index in [2.05, 4.69) is 20.6 Å². The fourth-order valence-corrected chi connectivity index (χ4v) is 2.51. The molecule has 0 spiro atoms. The number of anilines is 2. The minimum atomic E-state index is -0.750. The molecule has 138 valence electrons. The number of benzene rings is 2. The number of nitrogens with zero attached hydrogens (tertiary/aromatic N) is 2. The fourth-order valence-electron chi connectivity index (χ4n) is 2.51. The quantitative estimate of drug-likeness (QED) is 0.622. The van der Waals surface area contributed by atoms with Gasteiger partial charge in [0, 0.05) is 18.7 Å². The molecule has 0 unspecified atom stereocenters. The molecule has 0 aliphatic rings. The number of carbonyl (C=O) groups excluding carboxylic acids is 1. The number of amides is 1. The second-order valence-corrected chi connectivity index (χ2v) is 5.88. The summed E-state index contributed by atoms with van der Waals surface area (Å²) < 4.78 is 26.7. The minimum Gasteiger partial charge on any atom is -0.351 e. The van der Waals surface area contributed by atoms with E-state index in [1.807, 2.05) is 30.3 Å². The van der Waals surface area contributed by atoms with Gasteiger partial charge in [-0.15, -0.1) is 0 Å². The monoisotopic (exact) mass is 368 g/mol. The molecule has 0 saturated heterocycles. The van der Waals surface area contributed by atoms with Gasteiger partial charge in [-0.3, -0.25) is 4.79 Å². The molecule has 0 atom stereocenters. The van der Waals surface area contributed by atoms with Crippen LogP contribution in [0.5, 0.6) is 0 Å². The third-order valence-corrected chi connectivity index (χ3v) is 3.86.